The van der Waals surface area contributed by atoms with E-state index in [1.165, 1.54) is 35.6 Å². The first-order valence-electron chi connectivity index (χ1n) is 8.29. The molecule has 0 saturated carbocycles. The van der Waals surface area contributed by atoms with E-state index < -0.39 is 22.6 Å². The summed E-state index contributed by atoms with van der Waals surface area (Å²) in [5, 5.41) is 10.0. The molecule has 0 amide bonds. The zero-order chi connectivity index (χ0) is 20.4. The molecule has 0 atom stereocenters. The van der Waals surface area contributed by atoms with E-state index in [-0.39, 0.29) is 17.9 Å². The summed E-state index contributed by atoms with van der Waals surface area (Å²) in [7, 11) is -4.08. The first-order chi connectivity index (χ1) is 13.2. The molecule has 146 valence electrons. The van der Waals surface area contributed by atoms with Gasteiger partial charge >= 0.3 is 6.18 Å². The van der Waals surface area contributed by atoms with Crippen molar-refractivity contribution in [2.75, 3.05) is 10.8 Å². The lowest BCUT2D eigenvalue weighted by Gasteiger charge is -2.23. The van der Waals surface area contributed by atoms with Gasteiger partial charge in [0.1, 0.15) is 5.00 Å². The normalized spacial score (nSPS) is 12.1. The van der Waals surface area contributed by atoms with Crippen LogP contribution >= 0.6 is 11.3 Å². The Hall–Kier alpha value is -2.57. The molecule has 0 saturated heterocycles. The first kappa shape index (κ1) is 20.2. The predicted molar refractivity (Wildman–Crippen MR) is 103 cm³/mol. The SMILES string of the molecule is N#Cc1ccc(S(=O)(=O)N(CCCC(F)(F)F)c2cc3ccccc3s2)cc1. The number of sulfonamides is 1. The fraction of sp³-hybridized carbons (Fsp3) is 0.211. The number of fused-ring (bicyclic) bond motifs is 1. The second-order valence-electron chi connectivity index (χ2n) is 6.05. The van der Waals surface area contributed by atoms with Crippen molar-refractivity contribution in [2.45, 2.75) is 23.9 Å². The largest absolute Gasteiger partial charge is 0.389 e. The Labute approximate surface area is 164 Å². The lowest BCUT2D eigenvalue weighted by molar-refractivity contribution is -0.134. The van der Waals surface area contributed by atoms with Crippen LogP contribution in [-0.4, -0.2) is 21.1 Å². The fourth-order valence-electron chi connectivity index (χ4n) is 2.69. The van der Waals surface area contributed by atoms with Crippen LogP contribution in [0.25, 0.3) is 10.1 Å². The van der Waals surface area contributed by atoms with E-state index in [2.05, 4.69) is 0 Å². The van der Waals surface area contributed by atoms with Gasteiger partial charge in [-0.1, -0.05) is 18.2 Å². The third-order valence-electron chi connectivity index (χ3n) is 4.05. The van der Waals surface area contributed by atoms with Gasteiger partial charge in [0.15, 0.2) is 0 Å². The number of alkyl halides is 3. The van der Waals surface area contributed by atoms with Crippen LogP contribution in [0.15, 0.2) is 59.5 Å². The Morgan fingerprint density at radius 1 is 1.07 bits per heavy atom. The maximum atomic E-state index is 13.1. The number of nitrogens with zero attached hydrogens (tertiary/aromatic N) is 2. The molecule has 28 heavy (non-hydrogen) atoms. The third kappa shape index (κ3) is 4.46. The standard InChI is InChI=1S/C19H15F3N2O2S2/c20-19(21,22)10-3-11-24(18-12-15-4-1-2-5-17(15)27-18)28(25,26)16-8-6-14(13-23)7-9-16/h1-2,4-9,12H,3,10-11H2. The molecule has 0 spiro atoms. The average molecular weight is 424 g/mol. The topological polar surface area (TPSA) is 61.2 Å². The fourth-order valence-corrected chi connectivity index (χ4v) is 5.49. The zero-order valence-electron chi connectivity index (χ0n) is 14.5. The summed E-state index contributed by atoms with van der Waals surface area (Å²) in [5.74, 6) is 0. The van der Waals surface area contributed by atoms with Crippen LogP contribution in [0, 0.1) is 11.3 Å². The molecule has 0 radical (unpaired) electrons. The average Bonchev–Trinajstić information content (AvgIpc) is 3.07. The van der Waals surface area contributed by atoms with Crippen LogP contribution in [-0.2, 0) is 10.0 Å². The first-order valence-corrected chi connectivity index (χ1v) is 10.5. The Morgan fingerprint density at radius 2 is 1.75 bits per heavy atom. The van der Waals surface area contributed by atoms with Gasteiger partial charge in [0.2, 0.25) is 0 Å². The van der Waals surface area contributed by atoms with Gasteiger partial charge in [0.25, 0.3) is 10.0 Å². The van der Waals surface area contributed by atoms with Crippen molar-refractivity contribution in [1.29, 1.82) is 5.26 Å². The third-order valence-corrected chi connectivity index (χ3v) is 7.13. The van der Waals surface area contributed by atoms with Crippen molar-refractivity contribution in [1.82, 2.24) is 0 Å². The van der Waals surface area contributed by atoms with Crippen LogP contribution in [0.4, 0.5) is 18.2 Å². The number of nitriles is 1. The molecule has 0 aliphatic rings. The van der Waals surface area contributed by atoms with Crippen LogP contribution in [0.5, 0.6) is 0 Å². The summed E-state index contributed by atoms with van der Waals surface area (Å²) < 4.78 is 65.9. The molecule has 1 heterocycles. The molecule has 3 rings (SSSR count). The number of halogens is 3. The maximum Gasteiger partial charge on any atom is 0.389 e. The van der Waals surface area contributed by atoms with Crippen molar-refractivity contribution < 1.29 is 21.6 Å². The van der Waals surface area contributed by atoms with Crippen molar-refractivity contribution >= 4 is 36.4 Å². The number of hydrogen-bond acceptors (Lipinski definition) is 4. The number of thiophene rings is 1. The molecular formula is C19H15F3N2O2S2. The molecule has 0 N–H and O–H groups in total. The van der Waals surface area contributed by atoms with Gasteiger partial charge < -0.3 is 0 Å². The monoisotopic (exact) mass is 424 g/mol. The minimum absolute atomic E-state index is 0.0732. The molecule has 4 nitrogen and oxygen atoms in total. The van der Waals surface area contributed by atoms with E-state index in [0.717, 1.165) is 14.4 Å². The Morgan fingerprint density at radius 3 is 2.36 bits per heavy atom. The predicted octanol–water partition coefficient (Wildman–Crippen LogP) is 5.31. The van der Waals surface area contributed by atoms with Crippen LogP contribution < -0.4 is 4.31 Å². The van der Waals surface area contributed by atoms with Crippen LogP contribution in [0.2, 0.25) is 0 Å². The molecule has 0 aliphatic carbocycles. The molecule has 0 bridgehead atoms. The summed E-state index contributed by atoms with van der Waals surface area (Å²) in [6.07, 6.45) is -5.78. The minimum atomic E-state index is -4.36. The maximum absolute atomic E-state index is 13.1. The molecule has 1 aromatic heterocycles. The summed E-state index contributed by atoms with van der Waals surface area (Å²) in [5.41, 5.74) is 0.296. The van der Waals surface area contributed by atoms with Crippen LogP contribution in [0.3, 0.4) is 0 Å². The highest BCUT2D eigenvalue weighted by Crippen LogP contribution is 2.36. The van der Waals surface area contributed by atoms with Gasteiger partial charge in [-0.25, -0.2) is 8.42 Å². The molecule has 3 aromatic rings. The smallest absolute Gasteiger partial charge is 0.257 e. The van der Waals surface area contributed by atoms with Crippen molar-refractivity contribution in [3.63, 3.8) is 0 Å². The van der Waals surface area contributed by atoms with Crippen molar-refractivity contribution in [2.24, 2.45) is 0 Å². The summed E-state index contributed by atoms with van der Waals surface area (Å²) >= 11 is 1.21. The quantitative estimate of drug-likeness (QED) is 0.539. The summed E-state index contributed by atoms with van der Waals surface area (Å²) in [6.45, 7) is -0.297. The van der Waals surface area contributed by atoms with E-state index in [1.807, 2.05) is 30.3 Å². The number of anilines is 1. The molecular weight excluding hydrogens is 409 g/mol. The van der Waals surface area contributed by atoms with E-state index in [9.17, 15) is 21.6 Å². The van der Waals surface area contributed by atoms with E-state index in [1.54, 1.807) is 6.07 Å². The summed E-state index contributed by atoms with van der Waals surface area (Å²) in [4.78, 5) is -0.0732. The van der Waals surface area contributed by atoms with E-state index in [0.29, 0.717) is 10.6 Å². The lowest BCUT2D eigenvalue weighted by Crippen LogP contribution is -2.32. The molecule has 9 heteroatoms. The number of rotatable bonds is 6. The van der Waals surface area contributed by atoms with Crippen molar-refractivity contribution in [3.8, 4) is 6.07 Å². The van der Waals surface area contributed by atoms with Gasteiger partial charge in [0.05, 0.1) is 16.5 Å². The van der Waals surface area contributed by atoms with E-state index >= 15 is 0 Å². The van der Waals surface area contributed by atoms with Crippen molar-refractivity contribution in [3.05, 3.63) is 60.2 Å². The second-order valence-corrected chi connectivity index (χ2v) is 8.98. The molecule has 0 aliphatic heterocycles. The Bertz CT molecular complexity index is 1080. The number of hydrogen-bond donors (Lipinski definition) is 0. The Kier molecular flexibility index (Phi) is 5.63. The minimum Gasteiger partial charge on any atom is -0.257 e. The zero-order valence-corrected chi connectivity index (χ0v) is 16.1. The van der Waals surface area contributed by atoms with Gasteiger partial charge in [-0.2, -0.15) is 18.4 Å². The van der Waals surface area contributed by atoms with Gasteiger partial charge in [-0.15, -0.1) is 11.3 Å². The molecule has 0 fully saturated rings. The highest BCUT2D eigenvalue weighted by molar-refractivity contribution is 7.93. The highest BCUT2D eigenvalue weighted by atomic mass is 32.2. The Balaban J connectivity index is 1.99. The molecule has 0 unspecified atom stereocenters. The number of benzene rings is 2. The lowest BCUT2D eigenvalue weighted by atomic mass is 10.2. The van der Waals surface area contributed by atoms with Gasteiger partial charge in [-0.3, -0.25) is 4.31 Å². The van der Waals surface area contributed by atoms with E-state index in [4.69, 9.17) is 5.26 Å². The molecule has 2 aromatic carbocycles. The summed E-state index contributed by atoms with van der Waals surface area (Å²) in [6, 6.07) is 16.1. The second kappa shape index (κ2) is 7.81. The van der Waals surface area contributed by atoms with Gasteiger partial charge in [0, 0.05) is 17.7 Å². The highest BCUT2D eigenvalue weighted by Gasteiger charge is 2.30. The van der Waals surface area contributed by atoms with Crippen LogP contribution in [0.1, 0.15) is 18.4 Å². The van der Waals surface area contributed by atoms with Gasteiger partial charge in [-0.05, 0) is 48.2 Å².